The fraction of sp³-hybridized carbons (Fsp3) is 0.174. The van der Waals surface area contributed by atoms with E-state index in [-0.39, 0.29) is 18.1 Å². The van der Waals surface area contributed by atoms with E-state index in [4.69, 9.17) is 16.3 Å². The van der Waals surface area contributed by atoms with Crippen LogP contribution in [0.1, 0.15) is 15.9 Å². The third kappa shape index (κ3) is 6.70. The molecule has 168 valence electrons. The van der Waals surface area contributed by atoms with Gasteiger partial charge in [0.1, 0.15) is 18.2 Å². The number of benzene rings is 3. The molecule has 1 N–H and O–H groups in total. The van der Waals surface area contributed by atoms with Gasteiger partial charge in [-0.1, -0.05) is 29.8 Å². The highest BCUT2D eigenvalue weighted by Gasteiger charge is 2.18. The molecular formula is C23H22ClFN2O4S. The molecule has 3 aromatic carbocycles. The maximum Gasteiger partial charge on any atom is 0.251 e. The zero-order valence-corrected chi connectivity index (χ0v) is 18.9. The van der Waals surface area contributed by atoms with Crippen molar-refractivity contribution in [2.24, 2.45) is 0 Å². The molecule has 0 bridgehead atoms. The topological polar surface area (TPSA) is 75.7 Å². The normalized spacial score (nSPS) is 11.1. The summed E-state index contributed by atoms with van der Waals surface area (Å²) in [5.74, 6) is -0.147. The summed E-state index contributed by atoms with van der Waals surface area (Å²) in [6, 6.07) is 18.9. The van der Waals surface area contributed by atoms with Gasteiger partial charge in [0, 0.05) is 10.6 Å². The molecule has 0 aliphatic rings. The van der Waals surface area contributed by atoms with Crippen molar-refractivity contribution in [2.75, 3.05) is 23.7 Å². The van der Waals surface area contributed by atoms with Gasteiger partial charge in [-0.05, 0) is 60.2 Å². The van der Waals surface area contributed by atoms with E-state index in [9.17, 15) is 17.6 Å². The Kier molecular flexibility index (Phi) is 7.71. The van der Waals surface area contributed by atoms with Crippen LogP contribution in [0.5, 0.6) is 5.75 Å². The molecule has 0 aromatic heterocycles. The Balaban J connectivity index is 1.57. The number of sulfonamides is 1. The molecule has 0 aliphatic heterocycles. The summed E-state index contributed by atoms with van der Waals surface area (Å²) in [7, 11) is -3.63. The van der Waals surface area contributed by atoms with Crippen LogP contribution in [0.3, 0.4) is 0 Å². The first-order valence-electron chi connectivity index (χ1n) is 9.71. The maximum atomic E-state index is 13.6. The average molecular weight is 477 g/mol. The van der Waals surface area contributed by atoms with Crippen molar-refractivity contribution in [3.63, 3.8) is 0 Å². The van der Waals surface area contributed by atoms with E-state index in [0.29, 0.717) is 35.1 Å². The number of hydrogen-bond donors (Lipinski definition) is 1. The van der Waals surface area contributed by atoms with E-state index in [1.54, 1.807) is 48.5 Å². The van der Waals surface area contributed by atoms with E-state index in [0.717, 1.165) is 16.6 Å². The molecule has 0 atom stereocenters. The van der Waals surface area contributed by atoms with Crippen LogP contribution < -0.4 is 14.4 Å². The number of nitrogens with one attached hydrogen (secondary N) is 1. The van der Waals surface area contributed by atoms with Crippen LogP contribution in [0.4, 0.5) is 10.1 Å². The minimum atomic E-state index is -3.63. The minimum Gasteiger partial charge on any atom is -0.492 e. The molecule has 0 fully saturated rings. The molecule has 0 radical (unpaired) electrons. The van der Waals surface area contributed by atoms with Gasteiger partial charge in [0.2, 0.25) is 10.0 Å². The summed E-state index contributed by atoms with van der Waals surface area (Å²) in [5, 5.41) is 3.37. The van der Waals surface area contributed by atoms with Crippen molar-refractivity contribution in [1.29, 1.82) is 0 Å². The fourth-order valence-corrected chi connectivity index (χ4v) is 3.93. The van der Waals surface area contributed by atoms with Crippen molar-refractivity contribution < 1.29 is 22.3 Å². The summed E-state index contributed by atoms with van der Waals surface area (Å²) >= 11 is 5.82. The van der Waals surface area contributed by atoms with Crippen molar-refractivity contribution in [2.45, 2.75) is 6.54 Å². The van der Waals surface area contributed by atoms with Gasteiger partial charge in [0.15, 0.2) is 0 Å². The number of amides is 1. The van der Waals surface area contributed by atoms with Crippen molar-refractivity contribution >= 4 is 33.2 Å². The van der Waals surface area contributed by atoms with Crippen LogP contribution in [-0.4, -0.2) is 33.7 Å². The van der Waals surface area contributed by atoms with Gasteiger partial charge in [0.25, 0.3) is 5.91 Å². The zero-order chi connectivity index (χ0) is 23.1. The van der Waals surface area contributed by atoms with Crippen LogP contribution in [-0.2, 0) is 16.6 Å². The lowest BCUT2D eigenvalue weighted by atomic mass is 10.1. The Hall–Kier alpha value is -3.10. The SMILES string of the molecule is CS(=O)(=O)N(Cc1ccc(C(=O)NCCOc2ccc(Cl)cc2)cc1)c1cccc(F)c1. The van der Waals surface area contributed by atoms with Gasteiger partial charge in [-0.2, -0.15) is 0 Å². The lowest BCUT2D eigenvalue weighted by Gasteiger charge is -2.22. The molecular weight excluding hydrogens is 455 g/mol. The summed E-state index contributed by atoms with van der Waals surface area (Å²) in [4.78, 5) is 12.3. The molecule has 9 heteroatoms. The number of ether oxygens (including phenoxy) is 1. The molecule has 3 rings (SSSR count). The van der Waals surface area contributed by atoms with Crippen LogP contribution >= 0.6 is 11.6 Å². The van der Waals surface area contributed by atoms with Gasteiger partial charge in [-0.15, -0.1) is 0 Å². The highest BCUT2D eigenvalue weighted by molar-refractivity contribution is 7.92. The number of rotatable bonds is 9. The van der Waals surface area contributed by atoms with Gasteiger partial charge in [-0.25, -0.2) is 12.8 Å². The van der Waals surface area contributed by atoms with E-state index in [2.05, 4.69) is 5.32 Å². The summed E-state index contributed by atoms with van der Waals surface area (Å²) in [6.45, 7) is 0.617. The lowest BCUT2D eigenvalue weighted by Crippen LogP contribution is -2.29. The summed E-state index contributed by atoms with van der Waals surface area (Å²) in [6.07, 6.45) is 1.06. The molecule has 0 saturated heterocycles. The first-order chi connectivity index (χ1) is 15.2. The van der Waals surface area contributed by atoms with Crippen molar-refractivity contribution in [1.82, 2.24) is 5.32 Å². The summed E-state index contributed by atoms with van der Waals surface area (Å²) < 4.78 is 44.6. The van der Waals surface area contributed by atoms with Gasteiger partial charge >= 0.3 is 0 Å². The molecule has 1 amide bonds. The lowest BCUT2D eigenvalue weighted by molar-refractivity contribution is 0.0947. The Bertz CT molecular complexity index is 1170. The number of carbonyl (C=O) groups excluding carboxylic acids is 1. The maximum absolute atomic E-state index is 13.6. The molecule has 0 saturated carbocycles. The molecule has 0 aliphatic carbocycles. The Morgan fingerprint density at radius 1 is 1.06 bits per heavy atom. The van der Waals surface area contributed by atoms with E-state index in [1.165, 1.54) is 18.2 Å². The molecule has 0 unspecified atom stereocenters. The van der Waals surface area contributed by atoms with E-state index >= 15 is 0 Å². The zero-order valence-electron chi connectivity index (χ0n) is 17.3. The Morgan fingerprint density at radius 2 is 1.75 bits per heavy atom. The van der Waals surface area contributed by atoms with Gasteiger partial charge in [-0.3, -0.25) is 9.10 Å². The first-order valence-corrected chi connectivity index (χ1v) is 11.9. The molecule has 6 nitrogen and oxygen atoms in total. The fourth-order valence-electron chi connectivity index (χ4n) is 2.92. The predicted octanol–water partition coefficient (Wildman–Crippen LogP) is 4.25. The first kappa shape index (κ1) is 23.6. The highest BCUT2D eigenvalue weighted by atomic mass is 35.5. The van der Waals surface area contributed by atoms with Crippen LogP contribution in [0.25, 0.3) is 0 Å². The van der Waals surface area contributed by atoms with Crippen LogP contribution in [0.15, 0.2) is 72.8 Å². The Labute approximate surface area is 191 Å². The third-order valence-electron chi connectivity index (χ3n) is 4.51. The number of carbonyl (C=O) groups is 1. The van der Waals surface area contributed by atoms with Crippen molar-refractivity contribution in [3.05, 3.63) is 94.8 Å². The van der Waals surface area contributed by atoms with E-state index < -0.39 is 15.8 Å². The third-order valence-corrected chi connectivity index (χ3v) is 5.90. The van der Waals surface area contributed by atoms with Crippen LogP contribution in [0.2, 0.25) is 5.02 Å². The smallest absolute Gasteiger partial charge is 0.251 e. The monoisotopic (exact) mass is 476 g/mol. The van der Waals surface area contributed by atoms with Gasteiger partial charge < -0.3 is 10.1 Å². The number of nitrogens with zero attached hydrogens (tertiary/aromatic N) is 1. The number of halogens is 2. The van der Waals surface area contributed by atoms with Crippen molar-refractivity contribution in [3.8, 4) is 5.75 Å². The second kappa shape index (κ2) is 10.5. The molecule has 0 spiro atoms. The molecule has 32 heavy (non-hydrogen) atoms. The quantitative estimate of drug-likeness (QED) is 0.468. The number of anilines is 1. The van der Waals surface area contributed by atoms with E-state index in [1.807, 2.05) is 0 Å². The molecule has 3 aromatic rings. The summed E-state index contributed by atoms with van der Waals surface area (Å²) in [5.41, 5.74) is 1.31. The largest absolute Gasteiger partial charge is 0.492 e. The van der Waals surface area contributed by atoms with Crippen LogP contribution in [0, 0.1) is 5.82 Å². The number of hydrogen-bond acceptors (Lipinski definition) is 4. The standard InChI is InChI=1S/C23H22ClFN2O4S/c1-32(29,30)27(21-4-2-3-20(25)15-21)16-17-5-7-18(8-6-17)23(28)26-13-14-31-22-11-9-19(24)10-12-22/h2-12,15H,13-14,16H2,1H3,(H,26,28). The predicted molar refractivity (Wildman–Crippen MR) is 123 cm³/mol. The van der Waals surface area contributed by atoms with Gasteiger partial charge in [0.05, 0.1) is 25.0 Å². The molecule has 0 heterocycles. The second-order valence-electron chi connectivity index (χ2n) is 7.00. The minimum absolute atomic E-state index is 0.0130. The highest BCUT2D eigenvalue weighted by Crippen LogP contribution is 2.21. The Morgan fingerprint density at radius 3 is 2.38 bits per heavy atom. The second-order valence-corrected chi connectivity index (χ2v) is 9.35. The average Bonchev–Trinajstić information content (AvgIpc) is 2.76.